The van der Waals surface area contributed by atoms with Crippen molar-refractivity contribution in [3.63, 3.8) is 0 Å². The molecule has 0 aliphatic heterocycles. The third kappa shape index (κ3) is 6.31. The average Bonchev–Trinajstić information content (AvgIpc) is 2.97. The molecular weight excluding hydrogens is 357 g/mol. The summed E-state index contributed by atoms with van der Waals surface area (Å²) in [7, 11) is 0. The molecule has 0 fully saturated rings. The lowest BCUT2D eigenvalue weighted by Crippen LogP contribution is -2.04. The number of hydrogen-bond acceptors (Lipinski definition) is 3. The first-order valence-corrected chi connectivity index (χ1v) is 10.1. The molecule has 144 valence electrons. The van der Waals surface area contributed by atoms with Gasteiger partial charge in [0, 0.05) is 6.54 Å². The van der Waals surface area contributed by atoms with Crippen molar-refractivity contribution < 1.29 is 13.2 Å². The number of anilines is 1. The Labute approximate surface area is 157 Å². The first kappa shape index (κ1) is 20.7. The Hall–Kier alpha value is -1.56. The number of hydrogen-bond donors (Lipinski definition) is 1. The monoisotopic (exact) mass is 384 g/mol. The fraction of sp³-hybridized carbons (Fsp3) is 0.550. The van der Waals surface area contributed by atoms with Gasteiger partial charge in [-0.05, 0) is 31.0 Å². The second-order valence-corrected chi connectivity index (χ2v) is 7.56. The van der Waals surface area contributed by atoms with Crippen LogP contribution in [0.4, 0.5) is 18.3 Å². The topological polar surface area (TPSA) is 24.9 Å². The van der Waals surface area contributed by atoms with Crippen LogP contribution in [0, 0.1) is 6.92 Å². The quantitative estimate of drug-likeness (QED) is 0.435. The molecule has 0 aliphatic rings. The SMILES string of the molecule is CCCCCCCCCNc1nc(C)c(-c2cccc(C(F)(F)F)c2)s1. The molecule has 0 aliphatic carbocycles. The summed E-state index contributed by atoms with van der Waals surface area (Å²) >= 11 is 1.42. The predicted octanol–water partition coefficient (Wildman–Crippen LogP) is 7.30. The third-order valence-corrected chi connectivity index (χ3v) is 5.47. The van der Waals surface area contributed by atoms with Gasteiger partial charge in [-0.3, -0.25) is 0 Å². The molecule has 0 saturated carbocycles. The summed E-state index contributed by atoms with van der Waals surface area (Å²) in [6.45, 7) is 4.90. The molecule has 2 rings (SSSR count). The number of nitrogens with zero attached hydrogens (tertiary/aromatic N) is 1. The van der Waals surface area contributed by atoms with E-state index in [1.165, 1.54) is 62.0 Å². The van der Waals surface area contributed by atoms with E-state index in [0.29, 0.717) is 5.56 Å². The van der Waals surface area contributed by atoms with Crippen molar-refractivity contribution in [1.29, 1.82) is 0 Å². The Kier molecular flexibility index (Phi) is 7.94. The molecule has 1 aromatic heterocycles. The lowest BCUT2D eigenvalue weighted by atomic mass is 10.1. The Morgan fingerprint density at radius 1 is 1.04 bits per heavy atom. The second kappa shape index (κ2) is 9.95. The lowest BCUT2D eigenvalue weighted by molar-refractivity contribution is -0.137. The van der Waals surface area contributed by atoms with Crippen molar-refractivity contribution in [2.45, 2.75) is 65.0 Å². The fourth-order valence-electron chi connectivity index (χ4n) is 2.85. The standard InChI is InChI=1S/C20H27F3N2S/c1-3-4-5-6-7-8-9-13-24-19-25-15(2)18(26-19)16-11-10-12-17(14-16)20(21,22)23/h10-12,14H,3-9,13H2,1-2H3,(H,24,25). The predicted molar refractivity (Wildman–Crippen MR) is 104 cm³/mol. The highest BCUT2D eigenvalue weighted by Gasteiger charge is 2.30. The van der Waals surface area contributed by atoms with Crippen LogP contribution in [0.1, 0.15) is 63.1 Å². The average molecular weight is 385 g/mol. The highest BCUT2D eigenvalue weighted by Crippen LogP contribution is 2.36. The van der Waals surface area contributed by atoms with Crippen LogP contribution in [0.2, 0.25) is 0 Å². The minimum absolute atomic E-state index is 0.568. The molecule has 0 atom stereocenters. The molecule has 1 aromatic carbocycles. The van der Waals surface area contributed by atoms with Crippen LogP contribution in [0.15, 0.2) is 24.3 Å². The van der Waals surface area contributed by atoms with Crippen LogP contribution < -0.4 is 5.32 Å². The molecule has 0 saturated heterocycles. The van der Waals surface area contributed by atoms with Crippen LogP contribution in [0.25, 0.3) is 10.4 Å². The number of nitrogens with one attached hydrogen (secondary N) is 1. The summed E-state index contributed by atoms with van der Waals surface area (Å²) in [5, 5.41) is 4.09. The summed E-state index contributed by atoms with van der Waals surface area (Å²) in [4.78, 5) is 5.25. The van der Waals surface area contributed by atoms with Gasteiger partial charge < -0.3 is 5.32 Å². The normalized spacial score (nSPS) is 11.7. The van der Waals surface area contributed by atoms with Crippen molar-refractivity contribution in [2.75, 3.05) is 11.9 Å². The number of benzene rings is 1. The van der Waals surface area contributed by atoms with Crippen molar-refractivity contribution in [2.24, 2.45) is 0 Å². The van der Waals surface area contributed by atoms with E-state index < -0.39 is 11.7 Å². The largest absolute Gasteiger partial charge is 0.416 e. The van der Waals surface area contributed by atoms with Gasteiger partial charge in [-0.2, -0.15) is 13.2 Å². The zero-order valence-electron chi connectivity index (χ0n) is 15.5. The molecule has 2 aromatic rings. The Bertz CT molecular complexity index is 680. The summed E-state index contributed by atoms with van der Waals surface area (Å²) < 4.78 is 38.7. The van der Waals surface area contributed by atoms with Gasteiger partial charge in [0.15, 0.2) is 5.13 Å². The minimum Gasteiger partial charge on any atom is -0.361 e. The van der Waals surface area contributed by atoms with Crippen LogP contribution in [-0.4, -0.2) is 11.5 Å². The van der Waals surface area contributed by atoms with Gasteiger partial charge in [0.05, 0.1) is 16.1 Å². The number of rotatable bonds is 10. The summed E-state index contributed by atoms with van der Waals surface area (Å²) in [6.07, 6.45) is 4.40. The molecular formula is C20H27F3N2S. The summed E-state index contributed by atoms with van der Waals surface area (Å²) in [6, 6.07) is 5.44. The van der Waals surface area contributed by atoms with Gasteiger partial charge >= 0.3 is 6.18 Å². The Morgan fingerprint density at radius 3 is 2.42 bits per heavy atom. The number of aryl methyl sites for hydroxylation is 1. The van der Waals surface area contributed by atoms with E-state index in [1.54, 1.807) is 6.07 Å². The number of unbranched alkanes of at least 4 members (excludes halogenated alkanes) is 6. The highest BCUT2D eigenvalue weighted by atomic mass is 32.1. The van der Waals surface area contributed by atoms with E-state index in [1.807, 2.05) is 6.92 Å². The van der Waals surface area contributed by atoms with Gasteiger partial charge in [-0.15, -0.1) is 0 Å². The van der Waals surface area contributed by atoms with E-state index in [4.69, 9.17) is 0 Å². The number of aromatic nitrogens is 1. The van der Waals surface area contributed by atoms with E-state index in [-0.39, 0.29) is 0 Å². The Morgan fingerprint density at radius 2 is 1.73 bits per heavy atom. The van der Waals surface area contributed by atoms with Gasteiger partial charge in [0.2, 0.25) is 0 Å². The van der Waals surface area contributed by atoms with Crippen molar-refractivity contribution >= 4 is 16.5 Å². The minimum atomic E-state index is -4.33. The van der Waals surface area contributed by atoms with Crippen LogP contribution in [0.5, 0.6) is 0 Å². The van der Waals surface area contributed by atoms with E-state index in [9.17, 15) is 13.2 Å². The molecule has 0 radical (unpaired) electrons. The molecule has 6 heteroatoms. The van der Waals surface area contributed by atoms with Crippen LogP contribution in [-0.2, 0) is 6.18 Å². The third-order valence-electron chi connectivity index (χ3n) is 4.31. The molecule has 0 amide bonds. The number of alkyl halides is 3. The van der Waals surface area contributed by atoms with Gasteiger partial charge in [-0.1, -0.05) is 68.9 Å². The van der Waals surface area contributed by atoms with E-state index in [0.717, 1.165) is 34.7 Å². The second-order valence-electron chi connectivity index (χ2n) is 6.56. The molecule has 0 bridgehead atoms. The zero-order valence-corrected chi connectivity index (χ0v) is 16.3. The molecule has 2 nitrogen and oxygen atoms in total. The van der Waals surface area contributed by atoms with Crippen LogP contribution >= 0.6 is 11.3 Å². The van der Waals surface area contributed by atoms with Gasteiger partial charge in [-0.25, -0.2) is 4.98 Å². The van der Waals surface area contributed by atoms with Crippen molar-refractivity contribution in [3.05, 3.63) is 35.5 Å². The zero-order chi connectivity index (χ0) is 19.0. The Balaban J connectivity index is 1.87. The van der Waals surface area contributed by atoms with Gasteiger partial charge in [0.1, 0.15) is 0 Å². The molecule has 26 heavy (non-hydrogen) atoms. The summed E-state index contributed by atoms with van der Waals surface area (Å²) in [5.41, 5.74) is 0.704. The summed E-state index contributed by atoms with van der Waals surface area (Å²) in [5.74, 6) is 0. The molecule has 1 heterocycles. The van der Waals surface area contributed by atoms with E-state index in [2.05, 4.69) is 17.2 Å². The maximum atomic E-state index is 12.9. The molecule has 0 unspecified atom stereocenters. The van der Waals surface area contributed by atoms with Gasteiger partial charge in [0.25, 0.3) is 0 Å². The number of thiazole rings is 1. The fourth-order valence-corrected chi connectivity index (χ4v) is 3.84. The first-order chi connectivity index (χ1) is 12.4. The van der Waals surface area contributed by atoms with Crippen molar-refractivity contribution in [1.82, 2.24) is 4.98 Å². The smallest absolute Gasteiger partial charge is 0.361 e. The van der Waals surface area contributed by atoms with Crippen molar-refractivity contribution in [3.8, 4) is 10.4 Å². The van der Waals surface area contributed by atoms with Crippen LogP contribution in [0.3, 0.4) is 0 Å². The molecule has 1 N–H and O–H groups in total. The maximum absolute atomic E-state index is 12.9. The molecule has 0 spiro atoms. The number of halogens is 3. The van der Waals surface area contributed by atoms with E-state index >= 15 is 0 Å². The maximum Gasteiger partial charge on any atom is 0.416 e. The first-order valence-electron chi connectivity index (χ1n) is 9.30. The highest BCUT2D eigenvalue weighted by molar-refractivity contribution is 7.19. The lowest BCUT2D eigenvalue weighted by Gasteiger charge is -2.07.